The molecule has 0 bridgehead atoms. The number of carbonyl (C=O) groups excluding carboxylic acids is 2. The van der Waals surface area contributed by atoms with Crippen LogP contribution in [0.1, 0.15) is 59.7 Å². The molecule has 0 saturated heterocycles. The van der Waals surface area contributed by atoms with Gasteiger partial charge < -0.3 is 0 Å². The zero-order valence-corrected chi connectivity index (χ0v) is 25.3. The van der Waals surface area contributed by atoms with Crippen molar-refractivity contribution in [3.63, 3.8) is 0 Å². The first-order chi connectivity index (χ1) is 18.7. The zero-order chi connectivity index (χ0) is 28.9. The zero-order valence-electron chi connectivity index (χ0n) is 23.3. The smallest absolute Gasteiger partial charge is 0.290 e. The minimum absolute atomic E-state index is 0.319. The van der Waals surface area contributed by atoms with E-state index >= 15 is 0 Å². The molecule has 0 unspecified atom stereocenters. The van der Waals surface area contributed by atoms with Gasteiger partial charge in [0.15, 0.2) is 0 Å². The Labute approximate surface area is 234 Å². The molecular formula is C31H40O6Si2. The Morgan fingerprint density at radius 3 is 1.41 bits per heavy atom. The lowest BCUT2D eigenvalue weighted by atomic mass is 10.1. The molecule has 0 atom stereocenters. The van der Waals surface area contributed by atoms with Crippen LogP contribution in [0.2, 0.25) is 13.1 Å². The molecule has 0 N–H and O–H groups in total. The summed E-state index contributed by atoms with van der Waals surface area (Å²) in [6.45, 7) is 22.0. The van der Waals surface area contributed by atoms with Crippen molar-refractivity contribution in [3.8, 4) is 0 Å². The largest absolute Gasteiger partial charge is 0.373 e. The van der Waals surface area contributed by atoms with Gasteiger partial charge in [0.2, 0.25) is 6.29 Å². The Balaban J connectivity index is 2.01. The normalized spacial score (nSPS) is 11.5. The summed E-state index contributed by atoms with van der Waals surface area (Å²) in [5.74, 6) is -1.36. The second-order valence-corrected chi connectivity index (χ2v) is 17.7. The van der Waals surface area contributed by atoms with Crippen LogP contribution < -0.4 is 10.4 Å². The maximum atomic E-state index is 12.6. The van der Waals surface area contributed by atoms with Crippen molar-refractivity contribution in [1.82, 2.24) is 0 Å². The highest BCUT2D eigenvalue weighted by Gasteiger charge is 2.24. The van der Waals surface area contributed by atoms with E-state index in [0.717, 1.165) is 36.1 Å². The molecule has 0 aromatic heterocycles. The van der Waals surface area contributed by atoms with E-state index in [0.29, 0.717) is 17.5 Å². The summed E-state index contributed by atoms with van der Waals surface area (Å²) < 4.78 is 0. The van der Waals surface area contributed by atoms with Gasteiger partial charge in [-0.15, -0.1) is 36.1 Å². The highest BCUT2D eigenvalue weighted by Crippen LogP contribution is 2.15. The van der Waals surface area contributed by atoms with Gasteiger partial charge in [0.1, 0.15) is 16.1 Å². The quantitative estimate of drug-likeness (QED) is 0.0735. The summed E-state index contributed by atoms with van der Waals surface area (Å²) >= 11 is 0. The molecule has 0 saturated carbocycles. The van der Waals surface area contributed by atoms with Gasteiger partial charge in [-0.3, -0.25) is 9.78 Å². The van der Waals surface area contributed by atoms with Crippen LogP contribution in [-0.4, -0.2) is 34.4 Å². The van der Waals surface area contributed by atoms with Crippen LogP contribution in [0.15, 0.2) is 97.6 Å². The molecule has 39 heavy (non-hydrogen) atoms. The van der Waals surface area contributed by atoms with E-state index in [1.54, 1.807) is 24.3 Å². The van der Waals surface area contributed by atoms with E-state index in [4.69, 9.17) is 19.6 Å². The Morgan fingerprint density at radius 1 is 0.692 bits per heavy atom. The highest BCUT2D eigenvalue weighted by molar-refractivity contribution is 6.99. The Morgan fingerprint density at radius 2 is 1.08 bits per heavy atom. The molecule has 0 fully saturated rings. The van der Waals surface area contributed by atoms with E-state index in [1.165, 1.54) is 0 Å². The number of hydrogen-bond donors (Lipinski definition) is 0. The van der Waals surface area contributed by atoms with Gasteiger partial charge in [0.05, 0.1) is 11.1 Å². The second-order valence-electron chi connectivity index (χ2n) is 9.75. The molecule has 0 aliphatic heterocycles. The van der Waals surface area contributed by atoms with Gasteiger partial charge in [-0.2, -0.15) is 0 Å². The number of carbonyl (C=O) groups is 2. The molecule has 2 aromatic carbocycles. The third-order valence-electron chi connectivity index (χ3n) is 6.94. The molecule has 0 radical (unpaired) electrons. The Kier molecular flexibility index (Phi) is 12.5. The van der Waals surface area contributed by atoms with Crippen molar-refractivity contribution in [1.29, 1.82) is 0 Å². The lowest BCUT2D eigenvalue weighted by Crippen LogP contribution is -2.40. The van der Waals surface area contributed by atoms with Crippen molar-refractivity contribution >= 4 is 38.5 Å². The molecule has 2 rings (SSSR count). The van der Waals surface area contributed by atoms with Crippen LogP contribution in [-0.2, 0) is 19.6 Å². The maximum absolute atomic E-state index is 12.6. The van der Waals surface area contributed by atoms with E-state index in [1.807, 2.05) is 47.1 Å². The van der Waals surface area contributed by atoms with Crippen LogP contribution in [0.5, 0.6) is 0 Å². The molecule has 0 aliphatic carbocycles. The minimum Gasteiger partial charge on any atom is -0.290 e. The fourth-order valence-electron chi connectivity index (χ4n) is 3.71. The molecule has 0 amide bonds. The fraction of sp³-hybridized carbons (Fsp3) is 0.290. The first-order valence-corrected chi connectivity index (χ1v) is 18.5. The van der Waals surface area contributed by atoms with Crippen LogP contribution in [0, 0.1) is 0 Å². The molecule has 0 spiro atoms. The highest BCUT2D eigenvalue weighted by atomic mass is 28.3. The predicted octanol–water partition coefficient (Wildman–Crippen LogP) is 6.33. The minimum atomic E-state index is -1.99. The van der Waals surface area contributed by atoms with Crippen molar-refractivity contribution in [2.24, 2.45) is 0 Å². The molecule has 0 heterocycles. The lowest BCUT2D eigenvalue weighted by Gasteiger charge is -2.19. The second kappa shape index (κ2) is 15.3. The van der Waals surface area contributed by atoms with Gasteiger partial charge in [0, 0.05) is 6.42 Å². The van der Waals surface area contributed by atoms with Crippen molar-refractivity contribution in [2.45, 2.75) is 58.4 Å². The lowest BCUT2D eigenvalue weighted by molar-refractivity contribution is -0.421. The van der Waals surface area contributed by atoms with Crippen molar-refractivity contribution < 1.29 is 29.1 Å². The molecule has 0 aliphatic rings. The van der Waals surface area contributed by atoms with Gasteiger partial charge >= 0.3 is 11.9 Å². The Hall–Kier alpha value is -3.31. The average Bonchev–Trinajstić information content (AvgIpc) is 2.99. The summed E-state index contributed by atoms with van der Waals surface area (Å²) in [5, 5.41) is 2.14. The summed E-state index contributed by atoms with van der Waals surface area (Å²) in [6.07, 6.45) is 3.10. The standard InChI is InChI=1S/C31H40O6Si2/c1-8-13-14-15-16-29(34-36-30(32)25-17-21-27(22-18-25)38(6,9-2)10-3)35-37-31(33)26-19-23-28(24-20-26)39(7,11-4)12-5/h9-12,17-24,29H,2-5,8,13-16H2,1,6-7H3. The monoisotopic (exact) mass is 564 g/mol. The topological polar surface area (TPSA) is 71.1 Å². The molecule has 208 valence electrons. The number of rotatable bonds is 17. The summed E-state index contributed by atoms with van der Waals surface area (Å²) in [7, 11) is -3.97. The molecular weight excluding hydrogens is 525 g/mol. The first-order valence-electron chi connectivity index (χ1n) is 13.2. The summed E-state index contributed by atoms with van der Waals surface area (Å²) in [4.78, 5) is 45.8. The van der Waals surface area contributed by atoms with E-state index in [9.17, 15) is 9.59 Å². The predicted molar refractivity (Wildman–Crippen MR) is 162 cm³/mol. The summed E-state index contributed by atoms with van der Waals surface area (Å²) in [6, 6.07) is 14.2. The maximum Gasteiger partial charge on any atom is 0.373 e. The van der Waals surface area contributed by atoms with Crippen LogP contribution in [0.25, 0.3) is 0 Å². The summed E-state index contributed by atoms with van der Waals surface area (Å²) in [5.41, 5.74) is 8.34. The van der Waals surface area contributed by atoms with E-state index in [2.05, 4.69) is 46.3 Å². The molecule has 2 aromatic rings. The average molecular weight is 565 g/mol. The molecule has 8 heteroatoms. The first kappa shape index (κ1) is 31.9. The van der Waals surface area contributed by atoms with Gasteiger partial charge in [0.25, 0.3) is 0 Å². The van der Waals surface area contributed by atoms with Gasteiger partial charge in [-0.1, -0.05) is 96.7 Å². The number of unbranched alkanes of at least 4 members (excludes halogenated alkanes) is 3. The molecule has 6 nitrogen and oxygen atoms in total. The van der Waals surface area contributed by atoms with Crippen molar-refractivity contribution in [2.75, 3.05) is 0 Å². The van der Waals surface area contributed by atoms with E-state index in [-0.39, 0.29) is 0 Å². The van der Waals surface area contributed by atoms with Crippen LogP contribution in [0.4, 0.5) is 0 Å². The SMILES string of the molecule is C=C[Si](C)(C=C)c1ccc(C(=O)OOC(CCCCCC)OOC(=O)c2ccc([Si](C)(C=C)C=C)cc2)cc1. The van der Waals surface area contributed by atoms with Gasteiger partial charge in [-0.05, 0) is 30.7 Å². The third kappa shape index (κ3) is 8.86. The fourth-order valence-corrected chi connectivity index (χ4v) is 6.76. The van der Waals surface area contributed by atoms with Crippen LogP contribution in [0.3, 0.4) is 0 Å². The van der Waals surface area contributed by atoms with E-state index < -0.39 is 34.4 Å². The van der Waals surface area contributed by atoms with Gasteiger partial charge in [-0.25, -0.2) is 9.59 Å². The third-order valence-corrected chi connectivity index (χ3v) is 13.5. The van der Waals surface area contributed by atoms with Crippen molar-refractivity contribution in [3.05, 3.63) is 109 Å². The number of hydrogen-bond acceptors (Lipinski definition) is 6. The number of benzene rings is 2. The Bertz CT molecular complexity index is 1040. The van der Waals surface area contributed by atoms with Crippen LogP contribution >= 0.6 is 0 Å².